The number of halogens is 1. The van der Waals surface area contributed by atoms with Crippen LogP contribution >= 0.6 is 15.9 Å². The van der Waals surface area contributed by atoms with Gasteiger partial charge in [-0.1, -0.05) is 59.3 Å². The number of hydrogen-bond acceptors (Lipinski definition) is 4. The van der Waals surface area contributed by atoms with Crippen LogP contribution in [0, 0.1) is 0 Å². The summed E-state index contributed by atoms with van der Waals surface area (Å²) in [6.45, 7) is 2.11. The first kappa shape index (κ1) is 18.6. The van der Waals surface area contributed by atoms with E-state index in [-0.39, 0.29) is 11.9 Å². The van der Waals surface area contributed by atoms with Gasteiger partial charge in [0.25, 0.3) is 5.91 Å². The number of anilines is 1. The Morgan fingerprint density at radius 2 is 2.00 bits per heavy atom. The molecule has 1 spiro atoms. The zero-order chi connectivity index (χ0) is 21.2. The van der Waals surface area contributed by atoms with Crippen molar-refractivity contribution in [1.29, 1.82) is 0 Å². The van der Waals surface area contributed by atoms with Crippen LogP contribution in [0.15, 0.2) is 76.3 Å². The Morgan fingerprint density at radius 1 is 1.16 bits per heavy atom. The Morgan fingerprint density at radius 3 is 2.81 bits per heavy atom. The predicted octanol–water partition coefficient (Wildman–Crippen LogP) is 5.36. The third kappa shape index (κ3) is 2.61. The maximum atomic E-state index is 13.5. The molecule has 5 nitrogen and oxygen atoms in total. The number of hydrogen-bond donors (Lipinski definition) is 1. The van der Waals surface area contributed by atoms with Crippen LogP contribution in [-0.2, 0) is 16.9 Å². The lowest BCUT2D eigenvalue weighted by molar-refractivity contribution is -0.161. The smallest absolute Gasteiger partial charge is 0.306 e. The molecule has 3 heterocycles. The standard InChI is InChI=1S/C25H20BrN3O2/c1-2-15-8-10-20-19(12-15)25(24(30)27-20)29-22(18-13-17(26)9-11-23(18)31-25)14-21(28-29)16-6-4-3-5-7-16/h3-13,22H,2,14H2,1H3,(H,27,30)/t22-,25+/m0/s1. The van der Waals surface area contributed by atoms with Crippen LogP contribution in [0.25, 0.3) is 0 Å². The normalized spacial score (nSPS) is 23.0. The molecule has 0 aromatic heterocycles. The van der Waals surface area contributed by atoms with Crippen LogP contribution in [0.3, 0.4) is 0 Å². The van der Waals surface area contributed by atoms with Crippen molar-refractivity contribution >= 4 is 33.2 Å². The largest absolute Gasteiger partial charge is 0.453 e. The summed E-state index contributed by atoms with van der Waals surface area (Å²) in [4.78, 5) is 13.5. The number of hydrazone groups is 1. The zero-order valence-electron chi connectivity index (χ0n) is 16.9. The Balaban J connectivity index is 1.59. The van der Waals surface area contributed by atoms with E-state index in [1.54, 1.807) is 0 Å². The summed E-state index contributed by atoms with van der Waals surface area (Å²) in [6, 6.07) is 22.1. The van der Waals surface area contributed by atoms with Crippen molar-refractivity contribution < 1.29 is 9.53 Å². The number of amides is 1. The Bertz CT molecular complexity index is 1260. The molecule has 6 rings (SSSR count). The molecule has 3 aromatic rings. The van der Waals surface area contributed by atoms with Crippen LogP contribution in [0.2, 0.25) is 0 Å². The Hall–Kier alpha value is -3.12. The second-order valence-corrected chi connectivity index (χ2v) is 9.01. The summed E-state index contributed by atoms with van der Waals surface area (Å²) in [7, 11) is 0. The Kier molecular flexibility index (Phi) is 4.02. The van der Waals surface area contributed by atoms with Gasteiger partial charge < -0.3 is 10.1 Å². The number of nitrogens with one attached hydrogen (secondary N) is 1. The molecule has 1 N–H and O–H groups in total. The quantitative estimate of drug-likeness (QED) is 0.544. The van der Waals surface area contributed by atoms with Crippen LogP contribution in [0.4, 0.5) is 5.69 Å². The molecule has 3 aliphatic heterocycles. The summed E-state index contributed by atoms with van der Waals surface area (Å²) in [5.74, 6) is 0.520. The van der Waals surface area contributed by atoms with E-state index in [0.29, 0.717) is 6.42 Å². The molecular weight excluding hydrogens is 454 g/mol. The summed E-state index contributed by atoms with van der Waals surface area (Å²) in [6.07, 6.45) is 1.58. The molecule has 31 heavy (non-hydrogen) atoms. The van der Waals surface area contributed by atoms with Gasteiger partial charge in [0.1, 0.15) is 5.75 Å². The zero-order valence-corrected chi connectivity index (χ0v) is 18.5. The monoisotopic (exact) mass is 473 g/mol. The van der Waals surface area contributed by atoms with E-state index >= 15 is 0 Å². The molecule has 0 radical (unpaired) electrons. The number of ether oxygens (including phenoxy) is 1. The van der Waals surface area contributed by atoms with Gasteiger partial charge in [0.2, 0.25) is 0 Å². The van der Waals surface area contributed by atoms with E-state index in [2.05, 4.69) is 52.4 Å². The maximum Gasteiger partial charge on any atom is 0.306 e. The molecule has 0 bridgehead atoms. The molecular formula is C25H20BrN3O2. The molecule has 1 amide bonds. The lowest BCUT2D eigenvalue weighted by atomic mass is 9.91. The number of carbonyl (C=O) groups is 1. The summed E-state index contributed by atoms with van der Waals surface area (Å²) >= 11 is 3.59. The topological polar surface area (TPSA) is 53.9 Å². The van der Waals surface area contributed by atoms with Gasteiger partial charge >= 0.3 is 5.72 Å². The molecule has 0 saturated heterocycles. The van der Waals surface area contributed by atoms with Crippen LogP contribution in [-0.4, -0.2) is 16.6 Å². The van der Waals surface area contributed by atoms with Crippen LogP contribution in [0.1, 0.15) is 41.6 Å². The molecule has 3 aromatic carbocycles. The molecule has 0 fully saturated rings. The van der Waals surface area contributed by atoms with E-state index in [1.807, 2.05) is 47.5 Å². The van der Waals surface area contributed by atoms with Gasteiger partial charge in [0, 0.05) is 16.5 Å². The number of rotatable bonds is 2. The average Bonchev–Trinajstić information content (AvgIpc) is 3.36. The highest BCUT2D eigenvalue weighted by atomic mass is 79.9. The van der Waals surface area contributed by atoms with Crippen LogP contribution < -0.4 is 10.1 Å². The van der Waals surface area contributed by atoms with Crippen molar-refractivity contribution in [2.45, 2.75) is 31.5 Å². The highest BCUT2D eigenvalue weighted by molar-refractivity contribution is 9.10. The minimum Gasteiger partial charge on any atom is -0.453 e. The van der Waals surface area contributed by atoms with Crippen molar-refractivity contribution in [1.82, 2.24) is 5.01 Å². The number of aryl methyl sites for hydroxylation is 1. The number of benzene rings is 3. The van der Waals surface area contributed by atoms with E-state index in [4.69, 9.17) is 9.84 Å². The molecule has 154 valence electrons. The summed E-state index contributed by atoms with van der Waals surface area (Å²) < 4.78 is 7.53. The van der Waals surface area contributed by atoms with Crippen molar-refractivity contribution in [3.63, 3.8) is 0 Å². The number of nitrogens with zero attached hydrogens (tertiary/aromatic N) is 2. The van der Waals surface area contributed by atoms with Crippen molar-refractivity contribution in [2.75, 3.05) is 5.32 Å². The van der Waals surface area contributed by atoms with Crippen molar-refractivity contribution in [3.8, 4) is 5.75 Å². The highest BCUT2D eigenvalue weighted by Gasteiger charge is 2.60. The first-order valence-corrected chi connectivity index (χ1v) is 11.2. The van der Waals surface area contributed by atoms with E-state index in [1.165, 1.54) is 0 Å². The van der Waals surface area contributed by atoms with Crippen molar-refractivity contribution in [3.05, 3.63) is 93.5 Å². The predicted molar refractivity (Wildman–Crippen MR) is 123 cm³/mol. The second kappa shape index (κ2) is 6.69. The first-order chi connectivity index (χ1) is 15.1. The Labute approximate surface area is 188 Å². The highest BCUT2D eigenvalue weighted by Crippen LogP contribution is 2.54. The second-order valence-electron chi connectivity index (χ2n) is 8.09. The van der Waals surface area contributed by atoms with Gasteiger partial charge in [-0.05, 0) is 47.9 Å². The lowest BCUT2D eigenvalue weighted by Gasteiger charge is -2.44. The molecule has 0 saturated carbocycles. The average molecular weight is 474 g/mol. The molecule has 6 heteroatoms. The minimum atomic E-state index is -1.32. The third-order valence-electron chi connectivity index (χ3n) is 6.34. The lowest BCUT2D eigenvalue weighted by Crippen LogP contribution is -2.55. The SMILES string of the molecule is CCc1ccc2c(c1)[C@@]1(Oc3ccc(Br)cc3[C@@H]3CC(c4ccccc4)=NN31)C(=O)N2. The van der Waals surface area contributed by atoms with Gasteiger partial charge in [-0.15, -0.1) is 0 Å². The number of fused-ring (bicyclic) bond motifs is 6. The van der Waals surface area contributed by atoms with E-state index < -0.39 is 5.72 Å². The van der Waals surface area contributed by atoms with Gasteiger partial charge in [-0.2, -0.15) is 5.10 Å². The van der Waals surface area contributed by atoms with E-state index in [9.17, 15) is 4.79 Å². The molecule has 0 unspecified atom stereocenters. The van der Waals surface area contributed by atoms with E-state index in [0.717, 1.165) is 50.3 Å². The van der Waals surface area contributed by atoms with Gasteiger partial charge in [0.15, 0.2) is 0 Å². The molecule has 0 aliphatic carbocycles. The fourth-order valence-electron chi connectivity index (χ4n) is 4.79. The van der Waals surface area contributed by atoms with Crippen LogP contribution in [0.5, 0.6) is 5.75 Å². The minimum absolute atomic E-state index is 0.0987. The fraction of sp³-hybridized carbons (Fsp3) is 0.200. The summed E-state index contributed by atoms with van der Waals surface area (Å²) in [5.41, 5.74) is 4.49. The molecule has 3 aliphatic rings. The van der Waals surface area contributed by atoms with Gasteiger partial charge in [-0.3, -0.25) is 4.79 Å². The first-order valence-electron chi connectivity index (χ1n) is 10.5. The molecule has 2 atom stereocenters. The summed E-state index contributed by atoms with van der Waals surface area (Å²) in [5, 5.41) is 9.91. The maximum absolute atomic E-state index is 13.5. The number of carbonyl (C=O) groups excluding carboxylic acids is 1. The fourth-order valence-corrected chi connectivity index (χ4v) is 5.16. The van der Waals surface area contributed by atoms with Crippen molar-refractivity contribution in [2.24, 2.45) is 5.10 Å². The van der Waals surface area contributed by atoms with Gasteiger partial charge in [-0.25, -0.2) is 5.01 Å². The van der Waals surface area contributed by atoms with Gasteiger partial charge in [0.05, 0.1) is 23.0 Å². The third-order valence-corrected chi connectivity index (χ3v) is 6.84.